The van der Waals surface area contributed by atoms with E-state index >= 15 is 0 Å². The third-order valence-corrected chi connectivity index (χ3v) is 4.27. The first kappa shape index (κ1) is 18.8. The van der Waals surface area contributed by atoms with Crippen molar-refractivity contribution in [3.05, 3.63) is 68.2 Å². The molecule has 0 heterocycles. The third-order valence-electron chi connectivity index (χ3n) is 3.66. The Morgan fingerprint density at radius 3 is 2.68 bits per heavy atom. The van der Waals surface area contributed by atoms with Gasteiger partial charge in [0.25, 0.3) is 5.69 Å². The molecule has 0 aliphatic heterocycles. The Morgan fingerprint density at radius 1 is 1.28 bits per heavy atom. The van der Waals surface area contributed by atoms with Crippen molar-refractivity contribution in [2.24, 2.45) is 5.10 Å². The van der Waals surface area contributed by atoms with Crippen molar-refractivity contribution >= 4 is 46.0 Å². The molecule has 2 aromatic rings. The molecule has 0 bridgehead atoms. The van der Waals surface area contributed by atoms with Gasteiger partial charge in [0.15, 0.2) is 5.11 Å². The zero-order valence-electron chi connectivity index (χ0n) is 14.0. The predicted octanol–water partition coefficient (Wildman–Crippen LogP) is 4.58. The fourth-order valence-corrected chi connectivity index (χ4v) is 2.45. The molecule has 0 amide bonds. The van der Waals surface area contributed by atoms with Crippen LogP contribution in [0.2, 0.25) is 5.02 Å². The number of hydrogen-bond acceptors (Lipinski definition) is 4. The maximum atomic E-state index is 11.0. The molecular weight excluding hydrogens is 360 g/mol. The summed E-state index contributed by atoms with van der Waals surface area (Å²) in [7, 11) is 0. The highest BCUT2D eigenvalue weighted by molar-refractivity contribution is 7.80. The van der Waals surface area contributed by atoms with Crippen molar-refractivity contribution in [2.75, 3.05) is 5.32 Å². The molecule has 130 valence electrons. The maximum absolute atomic E-state index is 11.0. The summed E-state index contributed by atoms with van der Waals surface area (Å²) in [6.45, 7) is 5.32. The summed E-state index contributed by atoms with van der Waals surface area (Å²) in [5.74, 6) is 0. The first-order chi connectivity index (χ1) is 11.8. The van der Waals surface area contributed by atoms with Gasteiger partial charge in [-0.1, -0.05) is 29.8 Å². The summed E-state index contributed by atoms with van der Waals surface area (Å²) >= 11 is 11.3. The fraction of sp³-hybridized carbons (Fsp3) is 0.176. The Balaban J connectivity index is 2.10. The second-order valence-electron chi connectivity index (χ2n) is 5.43. The SMILES string of the molecule is C/C(=N/NC(=S)Nc1cccc(Cl)c1C)c1ccc(C)c([N+](=O)[O-])c1. The molecule has 0 aliphatic rings. The number of anilines is 1. The van der Waals surface area contributed by atoms with Crippen molar-refractivity contribution < 1.29 is 4.92 Å². The van der Waals surface area contributed by atoms with Crippen molar-refractivity contribution in [2.45, 2.75) is 20.8 Å². The number of thiocarbonyl (C=S) groups is 1. The van der Waals surface area contributed by atoms with Crippen LogP contribution in [0.1, 0.15) is 23.6 Å². The van der Waals surface area contributed by atoms with Crippen LogP contribution in [0.4, 0.5) is 11.4 Å². The quantitative estimate of drug-likeness (QED) is 0.353. The average molecular weight is 377 g/mol. The van der Waals surface area contributed by atoms with Crippen molar-refractivity contribution in [1.82, 2.24) is 5.43 Å². The molecule has 2 rings (SSSR count). The van der Waals surface area contributed by atoms with E-state index in [1.807, 2.05) is 19.1 Å². The topological polar surface area (TPSA) is 79.6 Å². The van der Waals surface area contributed by atoms with Crippen LogP contribution < -0.4 is 10.7 Å². The smallest absolute Gasteiger partial charge is 0.272 e. The van der Waals surface area contributed by atoms with Crippen LogP contribution in [0.25, 0.3) is 0 Å². The minimum atomic E-state index is -0.409. The summed E-state index contributed by atoms with van der Waals surface area (Å²) < 4.78 is 0. The van der Waals surface area contributed by atoms with Crippen molar-refractivity contribution in [1.29, 1.82) is 0 Å². The molecule has 6 nitrogen and oxygen atoms in total. The van der Waals surface area contributed by atoms with Crippen LogP contribution in [0, 0.1) is 24.0 Å². The summed E-state index contributed by atoms with van der Waals surface area (Å²) in [5.41, 5.74) is 6.28. The number of aryl methyl sites for hydroxylation is 1. The van der Waals surface area contributed by atoms with Gasteiger partial charge in [0.05, 0.1) is 10.6 Å². The highest BCUT2D eigenvalue weighted by atomic mass is 35.5. The number of nitro groups is 1. The number of nitrogens with zero attached hydrogens (tertiary/aromatic N) is 2. The summed E-state index contributed by atoms with van der Waals surface area (Å²) in [4.78, 5) is 10.6. The summed E-state index contributed by atoms with van der Waals surface area (Å²) in [6.07, 6.45) is 0. The van der Waals surface area contributed by atoms with Crippen LogP contribution in [0.15, 0.2) is 41.5 Å². The van der Waals surface area contributed by atoms with E-state index in [0.717, 1.165) is 11.3 Å². The minimum Gasteiger partial charge on any atom is -0.331 e. The standard InChI is InChI=1S/C17H17ClN4O2S/c1-10-7-8-13(9-16(10)22(23)24)12(3)20-21-17(25)19-15-6-4-5-14(18)11(15)2/h4-9H,1-3H3,(H2,19,21,25)/b20-12-. The molecule has 0 saturated carbocycles. The lowest BCUT2D eigenvalue weighted by molar-refractivity contribution is -0.385. The highest BCUT2D eigenvalue weighted by Crippen LogP contribution is 2.23. The first-order valence-electron chi connectivity index (χ1n) is 7.41. The molecule has 0 saturated heterocycles. The number of halogens is 1. The molecule has 0 spiro atoms. The van der Waals surface area contributed by atoms with E-state index in [-0.39, 0.29) is 5.69 Å². The fourth-order valence-electron chi connectivity index (χ4n) is 2.12. The van der Waals surface area contributed by atoms with E-state index in [9.17, 15) is 10.1 Å². The number of nitrogens with one attached hydrogen (secondary N) is 2. The van der Waals surface area contributed by atoms with Crippen LogP contribution in [-0.4, -0.2) is 15.7 Å². The summed E-state index contributed by atoms with van der Waals surface area (Å²) in [6, 6.07) is 10.4. The minimum absolute atomic E-state index is 0.0577. The van der Waals surface area contributed by atoms with Gasteiger partial charge in [-0.2, -0.15) is 5.10 Å². The van der Waals surface area contributed by atoms with Gasteiger partial charge in [-0.3, -0.25) is 15.5 Å². The largest absolute Gasteiger partial charge is 0.331 e. The van der Waals surface area contributed by atoms with Gasteiger partial charge in [-0.05, 0) is 50.7 Å². The second-order valence-corrected chi connectivity index (χ2v) is 6.25. The molecule has 0 aliphatic carbocycles. The number of nitro benzene ring substituents is 1. The monoisotopic (exact) mass is 376 g/mol. The van der Waals surface area contributed by atoms with Gasteiger partial charge < -0.3 is 5.32 Å². The van der Waals surface area contributed by atoms with Crippen LogP contribution >= 0.6 is 23.8 Å². The molecule has 0 fully saturated rings. The van der Waals surface area contributed by atoms with E-state index < -0.39 is 4.92 Å². The van der Waals surface area contributed by atoms with Crippen molar-refractivity contribution in [3.8, 4) is 0 Å². The van der Waals surface area contributed by atoms with E-state index in [1.54, 1.807) is 32.0 Å². The van der Waals surface area contributed by atoms with E-state index in [1.165, 1.54) is 6.07 Å². The van der Waals surface area contributed by atoms with Gasteiger partial charge in [-0.25, -0.2) is 0 Å². The van der Waals surface area contributed by atoms with E-state index in [0.29, 0.717) is 27.0 Å². The second kappa shape index (κ2) is 8.04. The number of rotatable bonds is 4. The Kier molecular flexibility index (Phi) is 6.06. The lowest BCUT2D eigenvalue weighted by Gasteiger charge is -2.11. The van der Waals surface area contributed by atoms with Crippen LogP contribution in [0.5, 0.6) is 0 Å². The maximum Gasteiger partial charge on any atom is 0.272 e. The number of benzene rings is 2. The zero-order valence-corrected chi connectivity index (χ0v) is 15.5. The highest BCUT2D eigenvalue weighted by Gasteiger charge is 2.12. The first-order valence-corrected chi connectivity index (χ1v) is 8.20. The Hall–Kier alpha value is -2.51. The molecule has 2 aromatic carbocycles. The Bertz CT molecular complexity index is 868. The molecule has 0 aromatic heterocycles. The van der Waals surface area contributed by atoms with Gasteiger partial charge in [-0.15, -0.1) is 0 Å². The van der Waals surface area contributed by atoms with Gasteiger partial charge in [0.2, 0.25) is 0 Å². The predicted molar refractivity (Wildman–Crippen MR) is 106 cm³/mol. The molecule has 25 heavy (non-hydrogen) atoms. The average Bonchev–Trinajstić information content (AvgIpc) is 2.57. The lowest BCUT2D eigenvalue weighted by atomic mass is 10.1. The van der Waals surface area contributed by atoms with Crippen molar-refractivity contribution in [3.63, 3.8) is 0 Å². The molecule has 0 unspecified atom stereocenters. The van der Waals surface area contributed by atoms with E-state index in [2.05, 4.69) is 15.8 Å². The normalized spacial score (nSPS) is 11.1. The molecule has 8 heteroatoms. The number of hydrogen-bond donors (Lipinski definition) is 2. The van der Waals surface area contributed by atoms with Gasteiger partial charge in [0, 0.05) is 27.9 Å². The summed E-state index contributed by atoms with van der Waals surface area (Å²) in [5, 5.41) is 19.2. The lowest BCUT2D eigenvalue weighted by Crippen LogP contribution is -2.25. The van der Waals surface area contributed by atoms with Crippen LogP contribution in [-0.2, 0) is 0 Å². The number of hydrazone groups is 1. The molecule has 0 atom stereocenters. The molecule has 2 N–H and O–H groups in total. The third kappa shape index (κ3) is 4.74. The van der Waals surface area contributed by atoms with Gasteiger partial charge >= 0.3 is 0 Å². The Labute approximate surface area is 156 Å². The molecule has 0 radical (unpaired) electrons. The van der Waals surface area contributed by atoms with E-state index in [4.69, 9.17) is 23.8 Å². The Morgan fingerprint density at radius 2 is 2.00 bits per heavy atom. The molecular formula is C17H17ClN4O2S. The zero-order chi connectivity index (χ0) is 18.6. The van der Waals surface area contributed by atoms with Gasteiger partial charge in [0.1, 0.15) is 0 Å². The van der Waals surface area contributed by atoms with Crippen LogP contribution in [0.3, 0.4) is 0 Å².